The second-order valence-electron chi connectivity index (χ2n) is 11.7. The minimum atomic E-state index is -3.54. The summed E-state index contributed by atoms with van der Waals surface area (Å²) in [5, 5.41) is 9.09. The Hall–Kier alpha value is -3.25. The Balaban J connectivity index is 1.37. The zero-order chi connectivity index (χ0) is 31.4. The Morgan fingerprint density at radius 2 is 1.80 bits per heavy atom. The highest BCUT2D eigenvalue weighted by Crippen LogP contribution is 2.36. The van der Waals surface area contributed by atoms with Gasteiger partial charge in [-0.15, -0.1) is 11.3 Å². The molecule has 9 nitrogen and oxygen atoms in total. The number of nitrogens with zero attached hydrogens (tertiary/aromatic N) is 4. The first-order valence-electron chi connectivity index (χ1n) is 14.9. The number of likely N-dealkylation sites (tertiary alicyclic amines) is 1. The average molecular weight is 655 g/mol. The number of aromatic nitrogens is 3. The van der Waals surface area contributed by atoms with Crippen LogP contribution in [-0.4, -0.2) is 52.7 Å². The largest absolute Gasteiger partial charge is 0.489 e. The van der Waals surface area contributed by atoms with Gasteiger partial charge in [-0.1, -0.05) is 30.7 Å². The molecule has 1 fully saturated rings. The van der Waals surface area contributed by atoms with Gasteiger partial charge in [-0.05, 0) is 89.9 Å². The summed E-state index contributed by atoms with van der Waals surface area (Å²) in [6.07, 6.45) is 3.88. The van der Waals surface area contributed by atoms with E-state index in [4.69, 9.17) is 21.3 Å². The van der Waals surface area contributed by atoms with E-state index < -0.39 is 15.1 Å². The lowest BCUT2D eigenvalue weighted by Crippen LogP contribution is -2.32. The minimum Gasteiger partial charge on any atom is -0.489 e. The number of para-hydroxylation sites is 1. The number of hydrogen-bond acceptors (Lipinski definition) is 10. The molecule has 5 rings (SSSR count). The molecule has 2 aromatic carbocycles. The fraction of sp³-hybridized carbons (Fsp3) is 0.406. The maximum Gasteiger partial charge on any atom is 0.229 e. The first-order valence-corrected chi connectivity index (χ1v) is 17.7. The van der Waals surface area contributed by atoms with Crippen LogP contribution in [0.1, 0.15) is 53.2 Å². The van der Waals surface area contributed by atoms with Gasteiger partial charge in [0, 0.05) is 17.5 Å². The van der Waals surface area contributed by atoms with Crippen molar-refractivity contribution in [1.29, 1.82) is 0 Å². The highest BCUT2D eigenvalue weighted by molar-refractivity contribution is 7.92. The van der Waals surface area contributed by atoms with Crippen molar-refractivity contribution >= 4 is 55.9 Å². The number of nitrogens with one attached hydrogen (secondary N) is 2. The SMILES string of the molecule is CC1CCN(Cc2csc(-c3ccc(Nc4ncc(Cl)c(Nc5ccccc5S(=O)(=O)C(C)C)n4)c(OC(C)C)c3)n2)CC1. The van der Waals surface area contributed by atoms with Gasteiger partial charge in [0.05, 0.1) is 39.5 Å². The van der Waals surface area contributed by atoms with Gasteiger partial charge in [-0.25, -0.2) is 18.4 Å². The molecule has 0 radical (unpaired) electrons. The van der Waals surface area contributed by atoms with E-state index in [1.165, 1.54) is 19.0 Å². The Bertz CT molecular complexity index is 1700. The van der Waals surface area contributed by atoms with Crippen molar-refractivity contribution in [3.8, 4) is 16.3 Å². The summed E-state index contributed by atoms with van der Waals surface area (Å²) in [5.74, 6) is 1.99. The molecule has 0 aliphatic carbocycles. The van der Waals surface area contributed by atoms with Crippen molar-refractivity contribution in [2.75, 3.05) is 23.7 Å². The lowest BCUT2D eigenvalue weighted by Gasteiger charge is -2.29. The molecule has 2 aromatic heterocycles. The van der Waals surface area contributed by atoms with Gasteiger partial charge in [0.15, 0.2) is 15.7 Å². The Kier molecular flexibility index (Phi) is 10.1. The molecule has 1 aliphatic heterocycles. The van der Waals surface area contributed by atoms with Crippen molar-refractivity contribution in [3.63, 3.8) is 0 Å². The fourth-order valence-electron chi connectivity index (χ4n) is 4.91. The second kappa shape index (κ2) is 13.8. The summed E-state index contributed by atoms with van der Waals surface area (Å²) >= 11 is 8.07. The van der Waals surface area contributed by atoms with Crippen LogP contribution in [-0.2, 0) is 16.4 Å². The van der Waals surface area contributed by atoms with E-state index in [9.17, 15) is 8.42 Å². The maximum atomic E-state index is 13.0. The van der Waals surface area contributed by atoms with E-state index in [2.05, 4.69) is 37.8 Å². The maximum absolute atomic E-state index is 13.0. The van der Waals surface area contributed by atoms with Crippen molar-refractivity contribution in [1.82, 2.24) is 19.9 Å². The first-order chi connectivity index (χ1) is 21.0. The fourth-order valence-corrected chi connectivity index (χ4v) is 7.05. The van der Waals surface area contributed by atoms with Crippen LogP contribution in [0, 0.1) is 5.92 Å². The molecule has 0 amide bonds. The van der Waals surface area contributed by atoms with Gasteiger partial charge in [0.2, 0.25) is 5.95 Å². The predicted octanol–water partition coefficient (Wildman–Crippen LogP) is 7.94. The van der Waals surface area contributed by atoms with E-state index in [1.54, 1.807) is 49.4 Å². The van der Waals surface area contributed by atoms with Crippen molar-refractivity contribution in [2.24, 2.45) is 5.92 Å². The van der Waals surface area contributed by atoms with Crippen molar-refractivity contribution in [3.05, 3.63) is 64.8 Å². The third-order valence-corrected chi connectivity index (χ3v) is 10.9. The van der Waals surface area contributed by atoms with Gasteiger partial charge in [-0.2, -0.15) is 4.98 Å². The quantitative estimate of drug-likeness (QED) is 0.167. The van der Waals surface area contributed by atoms with Gasteiger partial charge in [0.25, 0.3) is 0 Å². The zero-order valence-electron chi connectivity index (χ0n) is 25.7. The van der Waals surface area contributed by atoms with Crippen LogP contribution in [0.4, 0.5) is 23.1 Å². The summed E-state index contributed by atoms with van der Waals surface area (Å²) < 4.78 is 32.1. The molecule has 1 saturated heterocycles. The van der Waals surface area contributed by atoms with E-state index in [0.29, 0.717) is 17.1 Å². The van der Waals surface area contributed by atoms with Crippen LogP contribution in [0.2, 0.25) is 5.02 Å². The number of piperidine rings is 1. The molecular weight excluding hydrogens is 616 g/mol. The van der Waals surface area contributed by atoms with Gasteiger partial charge in [-0.3, -0.25) is 4.90 Å². The smallest absolute Gasteiger partial charge is 0.229 e. The topological polar surface area (TPSA) is 109 Å². The molecule has 0 bridgehead atoms. The number of rotatable bonds is 11. The molecule has 2 N–H and O–H groups in total. The number of halogens is 1. The predicted molar refractivity (Wildman–Crippen MR) is 179 cm³/mol. The summed E-state index contributed by atoms with van der Waals surface area (Å²) in [7, 11) is -3.54. The number of ether oxygens (including phenoxy) is 1. The monoisotopic (exact) mass is 654 g/mol. The Labute approximate surface area is 269 Å². The second-order valence-corrected chi connectivity index (χ2v) is 15.4. The molecular formula is C32H39ClN6O3S2. The van der Waals surface area contributed by atoms with Crippen LogP contribution in [0.3, 0.4) is 0 Å². The molecule has 0 unspecified atom stereocenters. The minimum absolute atomic E-state index is 0.0677. The molecule has 0 spiro atoms. The standard InChI is InChI=1S/C32H39ClN6O3S2/c1-20(2)42-28-16-23(31-35-24(19-43-31)18-39-14-12-22(5)13-15-39)10-11-26(28)37-32-34-17-25(33)30(38-32)36-27-8-6-7-9-29(27)44(40,41)21(3)4/h6-11,16-17,19-22H,12-15,18H2,1-5H3,(H2,34,36,37,38). The van der Waals surface area contributed by atoms with Gasteiger partial charge >= 0.3 is 0 Å². The number of sulfone groups is 1. The number of hydrogen-bond donors (Lipinski definition) is 2. The summed E-state index contributed by atoms with van der Waals surface area (Å²) in [6.45, 7) is 12.7. The van der Waals surface area contributed by atoms with Crippen molar-refractivity contribution < 1.29 is 13.2 Å². The molecule has 1 aliphatic rings. The Morgan fingerprint density at radius 3 is 2.52 bits per heavy atom. The molecule has 0 saturated carbocycles. The van der Waals surface area contributed by atoms with Crippen molar-refractivity contribution in [2.45, 2.75) is 70.3 Å². The molecule has 44 heavy (non-hydrogen) atoms. The van der Waals surface area contributed by atoms with Crippen LogP contribution in [0.5, 0.6) is 5.75 Å². The zero-order valence-corrected chi connectivity index (χ0v) is 28.1. The normalized spacial score (nSPS) is 14.7. The van der Waals surface area contributed by atoms with E-state index in [1.807, 2.05) is 32.0 Å². The average Bonchev–Trinajstić information content (AvgIpc) is 3.45. The molecule has 234 valence electrons. The lowest BCUT2D eigenvalue weighted by atomic mass is 9.99. The lowest BCUT2D eigenvalue weighted by molar-refractivity contribution is 0.184. The summed E-state index contributed by atoms with van der Waals surface area (Å²) in [6, 6.07) is 12.6. The first kappa shape index (κ1) is 32.2. The highest BCUT2D eigenvalue weighted by atomic mass is 35.5. The van der Waals surface area contributed by atoms with E-state index in [-0.39, 0.29) is 27.8 Å². The van der Waals surface area contributed by atoms with E-state index in [0.717, 1.165) is 41.8 Å². The number of thiazole rings is 1. The van der Waals surface area contributed by atoms with Crippen LogP contribution in [0.25, 0.3) is 10.6 Å². The summed E-state index contributed by atoms with van der Waals surface area (Å²) in [5.41, 5.74) is 3.12. The molecule has 12 heteroatoms. The number of benzene rings is 2. The third kappa shape index (κ3) is 7.69. The Morgan fingerprint density at radius 1 is 1.05 bits per heavy atom. The highest BCUT2D eigenvalue weighted by Gasteiger charge is 2.23. The van der Waals surface area contributed by atoms with Gasteiger partial charge < -0.3 is 15.4 Å². The third-order valence-electron chi connectivity index (χ3n) is 7.46. The van der Waals surface area contributed by atoms with Crippen LogP contribution in [0.15, 0.2) is 58.9 Å². The molecule has 4 aromatic rings. The molecule has 0 atom stereocenters. The summed E-state index contributed by atoms with van der Waals surface area (Å²) in [4.78, 5) is 16.5. The van der Waals surface area contributed by atoms with Crippen LogP contribution >= 0.6 is 22.9 Å². The van der Waals surface area contributed by atoms with Crippen LogP contribution < -0.4 is 15.4 Å². The van der Waals surface area contributed by atoms with Gasteiger partial charge in [0.1, 0.15) is 15.8 Å². The number of anilines is 4. The van der Waals surface area contributed by atoms with E-state index >= 15 is 0 Å². The molecule has 3 heterocycles.